The molecule has 4 rings (SSSR count). The van der Waals surface area contributed by atoms with Gasteiger partial charge in [0.05, 0.1) is 0 Å². The minimum Gasteiger partial charge on any atom is -0.356 e. The summed E-state index contributed by atoms with van der Waals surface area (Å²) in [6.45, 7) is 5.71. The maximum atomic E-state index is 13.7. The number of halogens is 1. The first-order valence-corrected chi connectivity index (χ1v) is 11.6. The van der Waals surface area contributed by atoms with Crippen LogP contribution in [-0.2, 0) is 11.3 Å². The molecular formula is C29H31FN2O. The van der Waals surface area contributed by atoms with Crippen LogP contribution in [0.3, 0.4) is 0 Å². The first kappa shape index (κ1) is 22.8. The van der Waals surface area contributed by atoms with E-state index < -0.39 is 0 Å². The van der Waals surface area contributed by atoms with E-state index in [1.807, 2.05) is 30.3 Å². The quantitative estimate of drug-likeness (QED) is 0.315. The SMILES string of the molecule is CC(C)CCNC(=O)C[C@H](c1ccc(F)cc1)c1cn(Cc2ccccc2)c2ccccc12. The molecule has 0 saturated carbocycles. The number of aromatic nitrogens is 1. The molecule has 0 aliphatic carbocycles. The standard InChI is InChI=1S/C29H31FN2O/c1-21(2)16-17-31-29(33)18-26(23-12-14-24(30)15-13-23)27-20-32(19-22-8-4-3-5-9-22)28-11-7-6-10-25(27)28/h3-15,20-21,26H,16-19H2,1-2H3,(H,31,33)/t26-/m1/s1. The van der Waals surface area contributed by atoms with Gasteiger partial charge in [0.15, 0.2) is 0 Å². The fourth-order valence-corrected chi connectivity index (χ4v) is 4.32. The lowest BCUT2D eigenvalue weighted by Crippen LogP contribution is -2.27. The molecule has 4 heteroatoms. The van der Waals surface area contributed by atoms with Crippen LogP contribution in [0.4, 0.5) is 4.39 Å². The third-order valence-electron chi connectivity index (χ3n) is 6.10. The summed E-state index contributed by atoms with van der Waals surface area (Å²) in [5, 5.41) is 4.19. The number of fused-ring (bicyclic) bond motifs is 1. The Morgan fingerprint density at radius 2 is 1.64 bits per heavy atom. The molecule has 3 aromatic carbocycles. The average molecular weight is 443 g/mol. The van der Waals surface area contributed by atoms with Gasteiger partial charge in [0.1, 0.15) is 5.82 Å². The third-order valence-corrected chi connectivity index (χ3v) is 6.10. The second-order valence-electron chi connectivity index (χ2n) is 9.06. The van der Waals surface area contributed by atoms with Crippen molar-refractivity contribution in [3.05, 3.63) is 108 Å². The number of nitrogens with zero attached hydrogens (tertiary/aromatic N) is 1. The van der Waals surface area contributed by atoms with Crippen LogP contribution in [0.25, 0.3) is 10.9 Å². The molecule has 1 N–H and O–H groups in total. The van der Waals surface area contributed by atoms with E-state index in [1.54, 1.807) is 12.1 Å². The van der Waals surface area contributed by atoms with E-state index in [9.17, 15) is 9.18 Å². The number of benzene rings is 3. The van der Waals surface area contributed by atoms with Gasteiger partial charge in [0.25, 0.3) is 0 Å². The predicted molar refractivity (Wildman–Crippen MR) is 133 cm³/mol. The molecule has 170 valence electrons. The van der Waals surface area contributed by atoms with E-state index in [0.717, 1.165) is 35.0 Å². The van der Waals surface area contributed by atoms with E-state index in [4.69, 9.17) is 0 Å². The normalized spacial score (nSPS) is 12.2. The first-order valence-electron chi connectivity index (χ1n) is 11.6. The predicted octanol–water partition coefficient (Wildman–Crippen LogP) is 6.51. The highest BCUT2D eigenvalue weighted by Crippen LogP contribution is 2.35. The molecule has 1 heterocycles. The topological polar surface area (TPSA) is 34.0 Å². The third kappa shape index (κ3) is 5.70. The smallest absolute Gasteiger partial charge is 0.220 e. The Morgan fingerprint density at radius 3 is 2.36 bits per heavy atom. The number of amides is 1. The first-order chi connectivity index (χ1) is 16.0. The number of hydrogen-bond donors (Lipinski definition) is 1. The van der Waals surface area contributed by atoms with Crippen molar-refractivity contribution in [1.29, 1.82) is 0 Å². The molecule has 0 unspecified atom stereocenters. The molecule has 0 aliphatic heterocycles. The van der Waals surface area contributed by atoms with Crippen LogP contribution in [0.2, 0.25) is 0 Å². The van der Waals surface area contributed by atoms with Gasteiger partial charge in [-0.1, -0.05) is 74.5 Å². The van der Waals surface area contributed by atoms with Crippen molar-refractivity contribution in [2.45, 2.75) is 39.2 Å². The van der Waals surface area contributed by atoms with Gasteiger partial charge in [-0.2, -0.15) is 0 Å². The molecule has 1 atom stereocenters. The van der Waals surface area contributed by atoms with Gasteiger partial charge in [-0.25, -0.2) is 4.39 Å². The fraction of sp³-hybridized carbons (Fsp3) is 0.276. The van der Waals surface area contributed by atoms with Crippen LogP contribution in [0.5, 0.6) is 0 Å². The number of nitrogens with one attached hydrogen (secondary N) is 1. The van der Waals surface area contributed by atoms with E-state index in [1.165, 1.54) is 17.7 Å². The second kappa shape index (κ2) is 10.5. The zero-order valence-electron chi connectivity index (χ0n) is 19.3. The molecule has 1 amide bonds. The van der Waals surface area contributed by atoms with Gasteiger partial charge in [0.2, 0.25) is 5.91 Å². The Bertz CT molecular complexity index is 1200. The molecule has 0 fully saturated rings. The van der Waals surface area contributed by atoms with Crippen molar-refractivity contribution in [2.75, 3.05) is 6.54 Å². The van der Waals surface area contributed by atoms with Crippen LogP contribution < -0.4 is 5.32 Å². The lowest BCUT2D eigenvalue weighted by atomic mass is 9.88. The maximum Gasteiger partial charge on any atom is 0.220 e. The largest absolute Gasteiger partial charge is 0.356 e. The summed E-state index contributed by atoms with van der Waals surface area (Å²) in [5.41, 5.74) is 4.38. The van der Waals surface area contributed by atoms with Crippen LogP contribution in [0.1, 0.15) is 49.3 Å². The van der Waals surface area contributed by atoms with Crippen LogP contribution >= 0.6 is 0 Å². The van der Waals surface area contributed by atoms with Gasteiger partial charge < -0.3 is 9.88 Å². The molecule has 0 bridgehead atoms. The fourth-order valence-electron chi connectivity index (χ4n) is 4.32. The Morgan fingerprint density at radius 1 is 0.939 bits per heavy atom. The maximum absolute atomic E-state index is 13.7. The van der Waals surface area contributed by atoms with E-state index >= 15 is 0 Å². The van der Waals surface area contributed by atoms with Crippen LogP contribution in [-0.4, -0.2) is 17.0 Å². The molecule has 3 nitrogen and oxygen atoms in total. The van der Waals surface area contributed by atoms with Crippen LogP contribution in [0, 0.1) is 11.7 Å². The number of carbonyl (C=O) groups excluding carboxylic acids is 1. The summed E-state index contributed by atoms with van der Waals surface area (Å²) in [6.07, 6.45) is 3.43. The number of hydrogen-bond acceptors (Lipinski definition) is 1. The summed E-state index contributed by atoms with van der Waals surface area (Å²) in [5.74, 6) is 0.121. The molecule has 0 aliphatic rings. The van der Waals surface area contributed by atoms with E-state index in [0.29, 0.717) is 18.9 Å². The van der Waals surface area contributed by atoms with E-state index in [-0.39, 0.29) is 17.6 Å². The molecule has 0 spiro atoms. The summed E-state index contributed by atoms with van der Waals surface area (Å²) >= 11 is 0. The molecule has 33 heavy (non-hydrogen) atoms. The van der Waals surface area contributed by atoms with Crippen molar-refractivity contribution >= 4 is 16.8 Å². The zero-order chi connectivity index (χ0) is 23.2. The second-order valence-corrected chi connectivity index (χ2v) is 9.06. The summed E-state index contributed by atoms with van der Waals surface area (Å²) in [7, 11) is 0. The minimum atomic E-state index is -0.273. The summed E-state index contributed by atoms with van der Waals surface area (Å²) in [4.78, 5) is 12.9. The molecule has 0 radical (unpaired) electrons. The lowest BCUT2D eigenvalue weighted by molar-refractivity contribution is -0.121. The van der Waals surface area contributed by atoms with Crippen molar-refractivity contribution in [3.8, 4) is 0 Å². The Kier molecular flexibility index (Phi) is 7.23. The van der Waals surface area contributed by atoms with Gasteiger partial charge >= 0.3 is 0 Å². The van der Waals surface area contributed by atoms with Crippen molar-refractivity contribution in [3.63, 3.8) is 0 Å². The summed E-state index contributed by atoms with van der Waals surface area (Å²) < 4.78 is 15.9. The molecular weight excluding hydrogens is 411 g/mol. The van der Waals surface area contributed by atoms with Crippen molar-refractivity contribution < 1.29 is 9.18 Å². The van der Waals surface area contributed by atoms with Gasteiger partial charge in [-0.15, -0.1) is 0 Å². The highest BCUT2D eigenvalue weighted by atomic mass is 19.1. The van der Waals surface area contributed by atoms with Crippen molar-refractivity contribution in [1.82, 2.24) is 9.88 Å². The zero-order valence-corrected chi connectivity index (χ0v) is 19.3. The molecule has 4 aromatic rings. The lowest BCUT2D eigenvalue weighted by Gasteiger charge is -2.18. The molecule has 0 saturated heterocycles. The highest BCUT2D eigenvalue weighted by molar-refractivity contribution is 5.86. The Hall–Kier alpha value is -3.40. The number of rotatable bonds is 9. The Balaban J connectivity index is 1.70. The molecule has 1 aromatic heterocycles. The minimum absolute atomic E-state index is 0.0184. The monoisotopic (exact) mass is 442 g/mol. The summed E-state index contributed by atoms with van der Waals surface area (Å²) in [6, 6.07) is 25.2. The van der Waals surface area contributed by atoms with Gasteiger partial charge in [-0.05, 0) is 47.2 Å². The van der Waals surface area contributed by atoms with Crippen molar-refractivity contribution in [2.24, 2.45) is 5.92 Å². The van der Waals surface area contributed by atoms with E-state index in [2.05, 4.69) is 54.2 Å². The van der Waals surface area contributed by atoms with Gasteiger partial charge in [0, 0.05) is 42.5 Å². The number of para-hydroxylation sites is 1. The Labute approximate surface area is 195 Å². The number of carbonyl (C=O) groups is 1. The van der Waals surface area contributed by atoms with Gasteiger partial charge in [-0.3, -0.25) is 4.79 Å². The van der Waals surface area contributed by atoms with Crippen LogP contribution in [0.15, 0.2) is 85.1 Å². The average Bonchev–Trinajstić information content (AvgIpc) is 3.17. The highest BCUT2D eigenvalue weighted by Gasteiger charge is 2.23.